The molecule has 0 spiro atoms. The van der Waals surface area contributed by atoms with Crippen molar-refractivity contribution in [2.75, 3.05) is 16.0 Å². The normalized spacial score (nSPS) is 20.4. The molecule has 374 valence electrons. The maximum Gasteiger partial charge on any atom is 0.354 e. The number of H-pyrrole nitrogens is 1. The van der Waals surface area contributed by atoms with Gasteiger partial charge in [0.05, 0.1) is 6.26 Å². The lowest BCUT2D eigenvalue weighted by atomic mass is 9.85. The number of carbonyl (C=O) groups is 3. The van der Waals surface area contributed by atoms with Gasteiger partial charge in [-0.3, -0.25) is 16.2 Å². The number of anilines is 3. The lowest BCUT2D eigenvalue weighted by molar-refractivity contribution is -0.143. The van der Waals surface area contributed by atoms with Crippen LogP contribution in [-0.2, 0) is 28.6 Å². The number of nitrogens with zero attached hydrogens (tertiary/aromatic N) is 6. The molecule has 6 heterocycles. The minimum Gasteiger partial charge on any atom is -0.467 e. The van der Waals surface area contributed by atoms with Crippen LogP contribution >= 0.6 is 11.3 Å². The van der Waals surface area contributed by atoms with Crippen LogP contribution in [0.3, 0.4) is 0 Å². The zero-order valence-electron chi connectivity index (χ0n) is 39.5. The maximum absolute atomic E-state index is 13.7. The fourth-order valence-corrected chi connectivity index (χ4v) is 10.3. The number of carbonyl (C=O) groups excluding carboxylic acids is 3. The van der Waals surface area contributed by atoms with Crippen LogP contribution in [0.4, 0.5) is 17.8 Å². The Morgan fingerprint density at radius 2 is 1.10 bits per heavy atom. The third-order valence-electron chi connectivity index (χ3n) is 13.4. The van der Waals surface area contributed by atoms with Gasteiger partial charge in [0.15, 0.2) is 0 Å². The number of esters is 3. The summed E-state index contributed by atoms with van der Waals surface area (Å²) in [5.41, 5.74) is 1.37. The van der Waals surface area contributed by atoms with Gasteiger partial charge in [-0.1, -0.05) is 12.5 Å². The standard InChI is InChI=1S/C51H57N13O7S/c52-40(46(65)69-32-8-2-1-3-9-32)43(37-10-4-23-55-37)62-50-58-26-21-35(60-50)30-15-19-34(20-16-30)71-48(67)42(54)45(39-12-6-29-72-39)64-51-59-27-22-36(61-51)31-13-17-33(18-14-31)70-47(66)41(53)44(38-11-5-28-68-38)63-49-56-24-7-25-57-49/h4-7,10-12,21-34,43-45,52-55H,1-3,8-9,13-20H2,(H,56,57,63)(H,58,60,62)(H,59,61,64). The predicted octanol–water partition coefficient (Wildman–Crippen LogP) is 8.97. The fourth-order valence-electron chi connectivity index (χ4n) is 9.55. The van der Waals surface area contributed by atoms with Crippen LogP contribution in [0.1, 0.15) is 141 Å². The lowest BCUT2D eigenvalue weighted by Gasteiger charge is -2.29. The zero-order valence-corrected chi connectivity index (χ0v) is 40.3. The van der Waals surface area contributed by atoms with Crippen molar-refractivity contribution in [3.8, 4) is 0 Å². The number of aromatic amines is 1. The van der Waals surface area contributed by atoms with E-state index in [1.807, 2.05) is 29.6 Å². The molecule has 3 saturated carbocycles. The molecule has 21 heteroatoms. The fraction of sp³-hybridized carbons (Fsp3) is 0.412. The Kier molecular flexibility index (Phi) is 16.1. The molecule has 0 aliphatic heterocycles. The molecule has 6 aromatic rings. The highest BCUT2D eigenvalue weighted by Crippen LogP contribution is 2.36. The molecular weight excluding hydrogens is 939 g/mol. The summed E-state index contributed by atoms with van der Waals surface area (Å²) in [6.45, 7) is 0. The van der Waals surface area contributed by atoms with Gasteiger partial charge in [0.25, 0.3) is 0 Å². The molecule has 0 bridgehead atoms. The SMILES string of the molecule is N=C(C(=O)OC1CCCCC1)C(Nc1nccc(C2CCC(OC(=O)C(=N)C(Nc3nccc(C4CCC(OC(=O)C(=N)C(Nc5ncccn5)c5ccco5)CC4)n3)c3cccs3)CC2)n1)c1ccc[nH]1. The van der Waals surface area contributed by atoms with Crippen LogP contribution in [-0.4, -0.2) is 88.2 Å². The van der Waals surface area contributed by atoms with Crippen molar-refractivity contribution in [3.63, 3.8) is 0 Å². The average molecular weight is 996 g/mol. The number of ether oxygens (including phenoxy) is 3. The molecule has 72 heavy (non-hydrogen) atoms. The Bertz CT molecular complexity index is 2770. The Balaban J connectivity index is 0.766. The van der Waals surface area contributed by atoms with E-state index in [0.29, 0.717) is 62.8 Å². The molecular formula is C51H57N13O7S. The molecule has 3 atom stereocenters. The molecule has 20 nitrogen and oxygen atoms in total. The number of thiophene rings is 1. The third kappa shape index (κ3) is 12.4. The van der Waals surface area contributed by atoms with E-state index in [1.165, 1.54) is 17.6 Å². The van der Waals surface area contributed by atoms with Gasteiger partial charge < -0.3 is 39.6 Å². The maximum atomic E-state index is 13.7. The summed E-state index contributed by atoms with van der Waals surface area (Å²) in [4.78, 5) is 70.8. The van der Waals surface area contributed by atoms with Crippen molar-refractivity contribution in [2.45, 2.75) is 132 Å². The van der Waals surface area contributed by atoms with E-state index in [-0.39, 0.29) is 52.9 Å². The predicted molar refractivity (Wildman–Crippen MR) is 267 cm³/mol. The number of rotatable bonds is 20. The summed E-state index contributed by atoms with van der Waals surface area (Å²) in [5, 5.41) is 37.9. The molecule has 0 amide bonds. The van der Waals surface area contributed by atoms with Gasteiger partial charge in [-0.2, -0.15) is 0 Å². The van der Waals surface area contributed by atoms with E-state index in [2.05, 4.69) is 40.9 Å². The number of aromatic nitrogens is 7. The molecule has 0 radical (unpaired) electrons. The molecule has 9 rings (SSSR count). The van der Waals surface area contributed by atoms with Crippen molar-refractivity contribution >= 4 is 64.2 Å². The smallest absolute Gasteiger partial charge is 0.354 e. The summed E-state index contributed by atoms with van der Waals surface area (Å²) in [6, 6.07) is 13.4. The number of hydrogen-bond acceptors (Lipinski definition) is 20. The van der Waals surface area contributed by atoms with Crippen molar-refractivity contribution in [1.82, 2.24) is 34.9 Å². The second-order valence-electron chi connectivity index (χ2n) is 18.2. The molecule has 3 unspecified atom stereocenters. The second kappa shape index (κ2) is 23.5. The highest BCUT2D eigenvalue weighted by atomic mass is 32.1. The third-order valence-corrected chi connectivity index (χ3v) is 14.3. The Morgan fingerprint density at radius 1 is 0.569 bits per heavy atom. The molecule has 0 saturated heterocycles. The second-order valence-corrected chi connectivity index (χ2v) is 19.2. The minimum absolute atomic E-state index is 0.0399. The van der Waals surface area contributed by atoms with Crippen LogP contribution in [0, 0.1) is 16.2 Å². The van der Waals surface area contributed by atoms with E-state index in [4.69, 9.17) is 44.8 Å². The topological polar surface area (TPSA) is 293 Å². The van der Waals surface area contributed by atoms with E-state index in [1.54, 1.807) is 61.3 Å². The lowest BCUT2D eigenvalue weighted by Crippen LogP contribution is -2.33. The van der Waals surface area contributed by atoms with Crippen molar-refractivity contribution in [2.24, 2.45) is 0 Å². The highest BCUT2D eigenvalue weighted by Gasteiger charge is 2.35. The molecule has 6 aromatic heterocycles. The van der Waals surface area contributed by atoms with Crippen LogP contribution in [0.15, 0.2) is 102 Å². The van der Waals surface area contributed by atoms with Gasteiger partial charge in [0.2, 0.25) is 17.8 Å². The largest absolute Gasteiger partial charge is 0.467 e. The summed E-state index contributed by atoms with van der Waals surface area (Å²) in [5.74, 6) is -0.924. The monoisotopic (exact) mass is 995 g/mol. The summed E-state index contributed by atoms with van der Waals surface area (Å²) >= 11 is 1.40. The van der Waals surface area contributed by atoms with Gasteiger partial charge in [0, 0.05) is 64.8 Å². The molecule has 3 aliphatic carbocycles. The molecule has 0 aromatic carbocycles. The first-order chi connectivity index (χ1) is 35.1. The summed E-state index contributed by atoms with van der Waals surface area (Å²) in [6.07, 6.45) is 18.3. The average Bonchev–Trinajstić information content (AvgIpc) is 4.26. The number of nitrogens with one attached hydrogen (secondary N) is 7. The molecule has 7 N–H and O–H groups in total. The molecule has 3 fully saturated rings. The van der Waals surface area contributed by atoms with Gasteiger partial charge in [-0.15, -0.1) is 11.3 Å². The van der Waals surface area contributed by atoms with Gasteiger partial charge in [-0.05, 0) is 131 Å². The summed E-state index contributed by atoms with van der Waals surface area (Å²) < 4.78 is 23.1. The Labute approximate surface area is 419 Å². The van der Waals surface area contributed by atoms with E-state index in [9.17, 15) is 14.4 Å². The minimum atomic E-state index is -0.944. The number of hydrogen-bond donors (Lipinski definition) is 7. The van der Waals surface area contributed by atoms with Crippen LogP contribution in [0.2, 0.25) is 0 Å². The van der Waals surface area contributed by atoms with Crippen molar-refractivity contribution < 1.29 is 33.0 Å². The van der Waals surface area contributed by atoms with E-state index >= 15 is 0 Å². The van der Waals surface area contributed by atoms with Gasteiger partial charge >= 0.3 is 17.9 Å². The van der Waals surface area contributed by atoms with Gasteiger partial charge in [-0.25, -0.2) is 44.3 Å². The van der Waals surface area contributed by atoms with Crippen molar-refractivity contribution in [3.05, 3.63) is 125 Å². The van der Waals surface area contributed by atoms with Crippen molar-refractivity contribution in [1.29, 1.82) is 16.2 Å². The Morgan fingerprint density at radius 3 is 1.62 bits per heavy atom. The summed E-state index contributed by atoms with van der Waals surface area (Å²) in [7, 11) is 0. The van der Waals surface area contributed by atoms with Crippen LogP contribution in [0.25, 0.3) is 0 Å². The molecule has 3 aliphatic rings. The first-order valence-electron chi connectivity index (χ1n) is 24.5. The van der Waals surface area contributed by atoms with Crippen LogP contribution < -0.4 is 16.0 Å². The highest BCUT2D eigenvalue weighted by molar-refractivity contribution is 7.10. The quantitative estimate of drug-likeness (QED) is 0.0213. The first kappa shape index (κ1) is 49.3. The Hall–Kier alpha value is -7.68. The number of furan rings is 1. The van der Waals surface area contributed by atoms with E-state index in [0.717, 1.165) is 48.4 Å². The van der Waals surface area contributed by atoms with Crippen LogP contribution in [0.5, 0.6) is 0 Å². The van der Waals surface area contributed by atoms with Gasteiger partial charge in [0.1, 0.15) is 59.3 Å². The zero-order chi connectivity index (χ0) is 49.8. The van der Waals surface area contributed by atoms with E-state index < -0.39 is 48.2 Å². The first-order valence-corrected chi connectivity index (χ1v) is 25.3.